The Morgan fingerprint density at radius 2 is 2.00 bits per heavy atom. The van der Waals surface area contributed by atoms with Crippen molar-refractivity contribution < 1.29 is 9.13 Å². The molecule has 0 fully saturated rings. The van der Waals surface area contributed by atoms with E-state index in [9.17, 15) is 4.39 Å². The fourth-order valence-electron chi connectivity index (χ4n) is 2.41. The van der Waals surface area contributed by atoms with Gasteiger partial charge in [0.25, 0.3) is 0 Å². The molecule has 0 amide bonds. The van der Waals surface area contributed by atoms with Crippen molar-refractivity contribution in [2.45, 2.75) is 19.4 Å². The second kappa shape index (κ2) is 6.92. The Balaban J connectivity index is 2.25. The molecular formula is C17H19ClFNO. The van der Waals surface area contributed by atoms with E-state index in [0.717, 1.165) is 16.9 Å². The number of benzene rings is 2. The van der Waals surface area contributed by atoms with Crippen LogP contribution in [0.3, 0.4) is 0 Å². The highest BCUT2D eigenvalue weighted by molar-refractivity contribution is 6.30. The number of halogens is 2. The molecule has 112 valence electrons. The zero-order valence-electron chi connectivity index (χ0n) is 12.4. The van der Waals surface area contributed by atoms with Crippen molar-refractivity contribution in [1.82, 2.24) is 5.32 Å². The van der Waals surface area contributed by atoms with Crippen LogP contribution < -0.4 is 10.1 Å². The second-order valence-electron chi connectivity index (χ2n) is 5.01. The van der Waals surface area contributed by atoms with Gasteiger partial charge in [-0.15, -0.1) is 0 Å². The third-order valence-electron chi connectivity index (χ3n) is 3.61. The zero-order chi connectivity index (χ0) is 15.4. The SMILES string of the molecule is CNC(Cc1ccc(Cl)cc1F)c1ccc(OC)c(C)c1. The van der Waals surface area contributed by atoms with Crippen LogP contribution >= 0.6 is 11.6 Å². The number of methoxy groups -OCH3 is 1. The van der Waals surface area contributed by atoms with Gasteiger partial charge in [-0.25, -0.2) is 4.39 Å². The summed E-state index contributed by atoms with van der Waals surface area (Å²) in [5, 5.41) is 3.65. The molecule has 2 nitrogen and oxygen atoms in total. The van der Waals surface area contributed by atoms with Crippen LogP contribution in [0.1, 0.15) is 22.7 Å². The van der Waals surface area contributed by atoms with Gasteiger partial charge in [0.2, 0.25) is 0 Å². The molecule has 0 bridgehead atoms. The molecule has 0 spiro atoms. The fourth-order valence-corrected chi connectivity index (χ4v) is 2.57. The Morgan fingerprint density at radius 3 is 2.57 bits per heavy atom. The highest BCUT2D eigenvalue weighted by Gasteiger charge is 2.14. The quantitative estimate of drug-likeness (QED) is 0.889. The highest BCUT2D eigenvalue weighted by atomic mass is 35.5. The Bertz CT molecular complexity index is 630. The maximum atomic E-state index is 13.9. The van der Waals surface area contributed by atoms with Crippen LogP contribution in [0, 0.1) is 12.7 Å². The summed E-state index contributed by atoms with van der Waals surface area (Å²) < 4.78 is 19.2. The van der Waals surface area contributed by atoms with Crippen molar-refractivity contribution in [3.05, 3.63) is 63.9 Å². The second-order valence-corrected chi connectivity index (χ2v) is 5.45. The summed E-state index contributed by atoms with van der Waals surface area (Å²) in [6, 6.07) is 10.8. The molecule has 21 heavy (non-hydrogen) atoms. The van der Waals surface area contributed by atoms with E-state index < -0.39 is 0 Å². The third-order valence-corrected chi connectivity index (χ3v) is 3.84. The average Bonchev–Trinajstić information content (AvgIpc) is 2.46. The summed E-state index contributed by atoms with van der Waals surface area (Å²) in [6.07, 6.45) is 0.561. The Labute approximate surface area is 129 Å². The van der Waals surface area contributed by atoms with Gasteiger partial charge in [0.05, 0.1) is 7.11 Å². The van der Waals surface area contributed by atoms with Gasteiger partial charge in [0.1, 0.15) is 11.6 Å². The summed E-state index contributed by atoms with van der Waals surface area (Å²) in [5.41, 5.74) is 2.81. The van der Waals surface area contributed by atoms with Crippen LogP contribution in [0.15, 0.2) is 36.4 Å². The monoisotopic (exact) mass is 307 g/mol. The minimum absolute atomic E-state index is 0.0327. The first-order chi connectivity index (χ1) is 10.0. The number of hydrogen-bond acceptors (Lipinski definition) is 2. The van der Waals surface area contributed by atoms with Crippen LogP contribution in [0.25, 0.3) is 0 Å². The first kappa shape index (κ1) is 15.8. The van der Waals surface area contributed by atoms with E-state index in [1.165, 1.54) is 6.07 Å². The Kier molecular flexibility index (Phi) is 5.21. The molecular weight excluding hydrogens is 289 g/mol. The van der Waals surface area contributed by atoms with Crippen LogP contribution in [-0.4, -0.2) is 14.2 Å². The lowest BCUT2D eigenvalue weighted by atomic mass is 9.97. The van der Waals surface area contributed by atoms with Gasteiger partial charge < -0.3 is 10.1 Å². The molecule has 0 radical (unpaired) electrons. The first-order valence-corrected chi connectivity index (χ1v) is 7.18. The lowest BCUT2D eigenvalue weighted by Gasteiger charge is -2.18. The lowest BCUT2D eigenvalue weighted by molar-refractivity contribution is 0.411. The molecule has 1 N–H and O–H groups in total. The fraction of sp³-hybridized carbons (Fsp3) is 0.294. The van der Waals surface area contributed by atoms with Crippen molar-refractivity contribution >= 4 is 11.6 Å². The Morgan fingerprint density at radius 1 is 1.24 bits per heavy atom. The van der Waals surface area contributed by atoms with Crippen LogP contribution in [0.4, 0.5) is 4.39 Å². The zero-order valence-corrected chi connectivity index (χ0v) is 13.2. The maximum absolute atomic E-state index is 13.9. The predicted octanol–water partition coefficient (Wildman–Crippen LogP) is 4.30. The normalized spacial score (nSPS) is 12.2. The number of likely N-dealkylation sites (N-methyl/N-ethyl adjacent to an activating group) is 1. The van der Waals surface area contributed by atoms with Crippen molar-refractivity contribution in [1.29, 1.82) is 0 Å². The van der Waals surface area contributed by atoms with E-state index in [-0.39, 0.29) is 11.9 Å². The molecule has 0 aliphatic carbocycles. The van der Waals surface area contributed by atoms with E-state index in [0.29, 0.717) is 17.0 Å². The summed E-state index contributed by atoms with van der Waals surface area (Å²) in [4.78, 5) is 0. The number of nitrogens with one attached hydrogen (secondary N) is 1. The van der Waals surface area contributed by atoms with E-state index in [1.807, 2.05) is 26.1 Å². The highest BCUT2D eigenvalue weighted by Crippen LogP contribution is 2.26. The third kappa shape index (κ3) is 3.74. The summed E-state index contributed by atoms with van der Waals surface area (Å²) in [6.45, 7) is 2.00. The number of aryl methyl sites for hydroxylation is 1. The summed E-state index contributed by atoms with van der Waals surface area (Å²) in [7, 11) is 3.53. The standard InChI is InChI=1S/C17H19ClFNO/c1-11-8-13(5-7-17(11)21-3)16(20-2)9-12-4-6-14(18)10-15(12)19/h4-8,10,16,20H,9H2,1-3H3. The summed E-state index contributed by atoms with van der Waals surface area (Å²) in [5.74, 6) is 0.583. The molecule has 0 heterocycles. The molecule has 1 unspecified atom stereocenters. The molecule has 1 atom stereocenters. The minimum Gasteiger partial charge on any atom is -0.496 e. The average molecular weight is 308 g/mol. The van der Waals surface area contributed by atoms with Gasteiger partial charge >= 0.3 is 0 Å². The van der Waals surface area contributed by atoms with Crippen LogP contribution in [0.2, 0.25) is 5.02 Å². The van der Waals surface area contributed by atoms with Crippen molar-refractivity contribution in [3.63, 3.8) is 0 Å². The molecule has 2 rings (SSSR count). The first-order valence-electron chi connectivity index (χ1n) is 6.81. The molecule has 4 heteroatoms. The largest absolute Gasteiger partial charge is 0.496 e. The molecule has 0 aliphatic heterocycles. The van der Waals surface area contributed by atoms with E-state index >= 15 is 0 Å². The van der Waals surface area contributed by atoms with Gasteiger partial charge in [-0.1, -0.05) is 29.8 Å². The van der Waals surface area contributed by atoms with Gasteiger partial charge in [-0.3, -0.25) is 0 Å². The van der Waals surface area contributed by atoms with Crippen molar-refractivity contribution in [2.75, 3.05) is 14.2 Å². The molecule has 0 saturated carbocycles. The van der Waals surface area contributed by atoms with E-state index in [4.69, 9.17) is 16.3 Å². The molecule has 0 saturated heterocycles. The predicted molar refractivity (Wildman–Crippen MR) is 84.6 cm³/mol. The maximum Gasteiger partial charge on any atom is 0.127 e. The number of ether oxygens (including phenoxy) is 1. The summed E-state index contributed by atoms with van der Waals surface area (Å²) >= 11 is 5.79. The molecule has 0 aromatic heterocycles. The van der Waals surface area contributed by atoms with Gasteiger partial charge in [-0.2, -0.15) is 0 Å². The minimum atomic E-state index is -0.270. The van der Waals surface area contributed by atoms with Gasteiger partial charge in [-0.05, 0) is 55.3 Å². The van der Waals surface area contributed by atoms with E-state index in [2.05, 4.69) is 11.4 Å². The molecule has 2 aromatic rings. The number of hydrogen-bond donors (Lipinski definition) is 1. The van der Waals surface area contributed by atoms with E-state index in [1.54, 1.807) is 19.2 Å². The van der Waals surface area contributed by atoms with Crippen molar-refractivity contribution in [3.8, 4) is 5.75 Å². The topological polar surface area (TPSA) is 21.3 Å². The molecule has 0 aliphatic rings. The van der Waals surface area contributed by atoms with Crippen LogP contribution in [-0.2, 0) is 6.42 Å². The Hall–Kier alpha value is -1.58. The number of rotatable bonds is 5. The lowest BCUT2D eigenvalue weighted by Crippen LogP contribution is -2.19. The smallest absolute Gasteiger partial charge is 0.127 e. The van der Waals surface area contributed by atoms with Gasteiger partial charge in [0.15, 0.2) is 0 Å². The van der Waals surface area contributed by atoms with Crippen LogP contribution in [0.5, 0.6) is 5.75 Å². The molecule has 2 aromatic carbocycles. The van der Waals surface area contributed by atoms with Gasteiger partial charge in [0, 0.05) is 11.1 Å². The van der Waals surface area contributed by atoms with Crippen molar-refractivity contribution in [2.24, 2.45) is 0 Å².